The largest absolute Gasteiger partial charge is 0.303 e. The Labute approximate surface area is 153 Å². The zero-order valence-electron chi connectivity index (χ0n) is 14.5. The highest BCUT2D eigenvalue weighted by atomic mass is 32.2. The van der Waals surface area contributed by atoms with Crippen LogP contribution in [0, 0.1) is 10.1 Å². The number of piperazine rings is 1. The average Bonchev–Trinajstić information content (AvgIpc) is 2.62. The summed E-state index contributed by atoms with van der Waals surface area (Å²) in [6.07, 6.45) is 0. The van der Waals surface area contributed by atoms with Crippen LogP contribution in [-0.4, -0.2) is 49.2 Å². The van der Waals surface area contributed by atoms with Gasteiger partial charge < -0.3 is 4.90 Å². The van der Waals surface area contributed by atoms with Crippen LogP contribution in [-0.2, 0) is 15.8 Å². The number of non-ortho nitro benzene ring substituents is 1. The second kappa shape index (κ2) is 7.53. The quantitative estimate of drug-likeness (QED) is 0.592. The van der Waals surface area contributed by atoms with Gasteiger partial charge in [0.25, 0.3) is 5.69 Å². The van der Waals surface area contributed by atoms with Gasteiger partial charge in [-0.15, -0.1) is 0 Å². The molecule has 8 heteroatoms. The summed E-state index contributed by atoms with van der Waals surface area (Å²) in [4.78, 5) is 12.4. The van der Waals surface area contributed by atoms with Crippen LogP contribution in [0.1, 0.15) is 17.2 Å². The molecule has 0 saturated carbocycles. The Bertz CT molecular complexity index is 869. The van der Waals surface area contributed by atoms with Crippen LogP contribution in [0.5, 0.6) is 0 Å². The zero-order chi connectivity index (χ0) is 18.7. The molecule has 1 saturated heterocycles. The molecule has 0 aromatic heterocycles. The molecule has 0 amide bonds. The molecule has 0 radical (unpaired) electrons. The van der Waals surface area contributed by atoms with Crippen molar-refractivity contribution in [3.05, 3.63) is 75.8 Å². The number of nitrogens with zero attached hydrogens (tertiary/aromatic N) is 3. The van der Waals surface area contributed by atoms with Crippen molar-refractivity contribution in [3.63, 3.8) is 0 Å². The van der Waals surface area contributed by atoms with Crippen molar-refractivity contribution in [1.29, 1.82) is 0 Å². The van der Waals surface area contributed by atoms with Crippen molar-refractivity contribution in [3.8, 4) is 0 Å². The highest BCUT2D eigenvalue weighted by Crippen LogP contribution is 2.29. The summed E-state index contributed by atoms with van der Waals surface area (Å²) >= 11 is 0. The number of benzene rings is 2. The lowest BCUT2D eigenvalue weighted by Gasteiger charge is -2.39. The highest BCUT2D eigenvalue weighted by molar-refractivity contribution is 7.88. The molecule has 0 aliphatic carbocycles. The first-order valence-electron chi connectivity index (χ1n) is 8.33. The molecule has 0 bridgehead atoms. The lowest BCUT2D eigenvalue weighted by Crippen LogP contribution is -2.49. The number of rotatable bonds is 5. The van der Waals surface area contributed by atoms with Gasteiger partial charge in [-0.05, 0) is 18.2 Å². The Morgan fingerprint density at radius 1 is 1.08 bits per heavy atom. The van der Waals surface area contributed by atoms with Crippen LogP contribution in [0.15, 0.2) is 54.6 Å². The van der Waals surface area contributed by atoms with Crippen LogP contribution < -0.4 is 0 Å². The molecule has 2 aromatic rings. The van der Waals surface area contributed by atoms with Crippen LogP contribution in [0.4, 0.5) is 5.69 Å². The monoisotopic (exact) mass is 375 g/mol. The minimum atomic E-state index is -3.55. The lowest BCUT2D eigenvalue weighted by atomic mass is 10.1. The zero-order valence-corrected chi connectivity index (χ0v) is 15.3. The molecule has 0 spiro atoms. The van der Waals surface area contributed by atoms with Gasteiger partial charge in [-0.2, -0.15) is 4.31 Å². The third kappa shape index (κ3) is 4.09. The van der Waals surface area contributed by atoms with E-state index in [1.54, 1.807) is 4.31 Å². The third-order valence-corrected chi connectivity index (χ3v) is 6.42. The Morgan fingerprint density at radius 2 is 1.73 bits per heavy atom. The van der Waals surface area contributed by atoms with Gasteiger partial charge in [0, 0.05) is 31.8 Å². The fourth-order valence-electron chi connectivity index (χ4n) is 3.19. The van der Waals surface area contributed by atoms with Gasteiger partial charge in [-0.1, -0.05) is 42.5 Å². The summed E-state index contributed by atoms with van der Waals surface area (Å²) < 4.78 is 27.6. The molecule has 0 N–H and O–H groups in total. The smallest absolute Gasteiger partial charge is 0.269 e. The van der Waals surface area contributed by atoms with Crippen molar-refractivity contribution >= 4 is 15.7 Å². The molecule has 26 heavy (non-hydrogen) atoms. The van der Waals surface area contributed by atoms with E-state index in [0.717, 1.165) is 5.56 Å². The molecule has 138 valence electrons. The molecule has 1 unspecified atom stereocenters. The van der Waals surface area contributed by atoms with Gasteiger partial charge in [-0.25, -0.2) is 8.42 Å². The first kappa shape index (κ1) is 18.5. The predicted molar refractivity (Wildman–Crippen MR) is 99.1 cm³/mol. The summed E-state index contributed by atoms with van der Waals surface area (Å²) in [5, 5.41) is 10.7. The van der Waals surface area contributed by atoms with Crippen molar-refractivity contribution in [2.24, 2.45) is 0 Å². The molecular weight excluding hydrogens is 354 g/mol. The number of likely N-dealkylation sites (N-methyl/N-ethyl adjacent to an activating group) is 1. The van der Waals surface area contributed by atoms with Crippen LogP contribution in [0.3, 0.4) is 0 Å². The second-order valence-corrected chi connectivity index (χ2v) is 8.40. The Morgan fingerprint density at radius 3 is 2.35 bits per heavy atom. The Kier molecular flexibility index (Phi) is 5.36. The standard InChI is InChI=1S/C18H21N3O4S/c1-19-11-12-20(18(13-19)16-5-3-2-4-6-16)26(24,25)14-15-7-9-17(10-8-15)21(22)23/h2-10,18H,11-14H2,1H3. The Hall–Kier alpha value is -2.29. The van der Waals surface area contributed by atoms with Crippen LogP contribution in [0.2, 0.25) is 0 Å². The molecule has 1 atom stereocenters. The van der Waals surface area contributed by atoms with Crippen molar-refractivity contribution < 1.29 is 13.3 Å². The van der Waals surface area contributed by atoms with Gasteiger partial charge in [0.2, 0.25) is 10.0 Å². The molecule has 2 aromatic carbocycles. The second-order valence-electron chi connectivity index (χ2n) is 6.48. The topological polar surface area (TPSA) is 83.8 Å². The van der Waals surface area contributed by atoms with Crippen molar-refractivity contribution in [1.82, 2.24) is 9.21 Å². The fourth-order valence-corrected chi connectivity index (χ4v) is 4.91. The van der Waals surface area contributed by atoms with Crippen molar-refractivity contribution in [2.75, 3.05) is 26.7 Å². The minimum Gasteiger partial charge on any atom is -0.303 e. The van der Waals surface area contributed by atoms with E-state index in [1.165, 1.54) is 24.3 Å². The summed E-state index contributed by atoms with van der Waals surface area (Å²) in [5.41, 5.74) is 1.46. The van der Waals surface area contributed by atoms with Gasteiger partial charge in [0.15, 0.2) is 0 Å². The molecule has 1 heterocycles. The molecule has 1 fully saturated rings. The summed E-state index contributed by atoms with van der Waals surface area (Å²) in [6.45, 7) is 1.72. The number of sulfonamides is 1. The molecular formula is C18H21N3O4S. The van der Waals surface area contributed by atoms with E-state index in [2.05, 4.69) is 4.90 Å². The van der Waals surface area contributed by atoms with Gasteiger partial charge >= 0.3 is 0 Å². The number of hydrogen-bond acceptors (Lipinski definition) is 5. The van der Waals surface area contributed by atoms with E-state index in [1.807, 2.05) is 37.4 Å². The number of hydrogen-bond donors (Lipinski definition) is 0. The van der Waals surface area contributed by atoms with Gasteiger partial charge in [0.1, 0.15) is 0 Å². The first-order chi connectivity index (χ1) is 12.4. The normalized spacial score (nSPS) is 19.3. The predicted octanol–water partition coefficient (Wildman–Crippen LogP) is 2.41. The lowest BCUT2D eigenvalue weighted by molar-refractivity contribution is -0.384. The minimum absolute atomic E-state index is 0.0482. The van der Waals surface area contributed by atoms with E-state index in [9.17, 15) is 18.5 Å². The maximum absolute atomic E-state index is 13.0. The first-order valence-corrected chi connectivity index (χ1v) is 9.94. The van der Waals surface area contributed by atoms with E-state index in [0.29, 0.717) is 25.2 Å². The molecule has 1 aliphatic heterocycles. The highest BCUT2D eigenvalue weighted by Gasteiger charge is 2.35. The SMILES string of the molecule is CN1CCN(S(=O)(=O)Cc2ccc([N+](=O)[O-])cc2)C(c2ccccc2)C1. The van der Waals surface area contributed by atoms with E-state index >= 15 is 0 Å². The maximum Gasteiger partial charge on any atom is 0.269 e. The molecule has 3 rings (SSSR count). The van der Waals surface area contributed by atoms with E-state index in [4.69, 9.17) is 0 Å². The third-order valence-electron chi connectivity index (χ3n) is 4.57. The van der Waals surface area contributed by atoms with Gasteiger partial charge in [0.05, 0.1) is 16.7 Å². The average molecular weight is 375 g/mol. The summed E-state index contributed by atoms with van der Waals surface area (Å²) in [5.74, 6) is -0.169. The van der Waals surface area contributed by atoms with Gasteiger partial charge in [-0.3, -0.25) is 10.1 Å². The van der Waals surface area contributed by atoms with Crippen LogP contribution >= 0.6 is 0 Å². The Balaban J connectivity index is 1.85. The van der Waals surface area contributed by atoms with Crippen molar-refractivity contribution in [2.45, 2.75) is 11.8 Å². The van der Waals surface area contributed by atoms with Crippen LogP contribution in [0.25, 0.3) is 0 Å². The number of nitro benzene ring substituents is 1. The fraction of sp³-hybridized carbons (Fsp3) is 0.333. The summed E-state index contributed by atoms with van der Waals surface area (Å²) in [6, 6.07) is 15.1. The molecule has 7 nitrogen and oxygen atoms in total. The molecule has 1 aliphatic rings. The maximum atomic E-state index is 13.0. The van der Waals surface area contributed by atoms with E-state index < -0.39 is 14.9 Å². The van der Waals surface area contributed by atoms with E-state index in [-0.39, 0.29) is 17.5 Å². The summed E-state index contributed by atoms with van der Waals surface area (Å²) in [7, 11) is -1.57. The number of nitro groups is 1.